The molecule has 0 aliphatic carbocycles. The molecule has 2 amide bonds. The molecule has 114 valence electrons. The van der Waals surface area contributed by atoms with Gasteiger partial charge in [-0.3, -0.25) is 9.59 Å². The van der Waals surface area contributed by atoms with Crippen molar-refractivity contribution in [3.05, 3.63) is 34.0 Å². The maximum absolute atomic E-state index is 12.1. The third-order valence-corrected chi connectivity index (χ3v) is 4.19. The number of hydrogen-bond acceptors (Lipinski definition) is 4. The molecular weight excluding hydrogens is 286 g/mol. The summed E-state index contributed by atoms with van der Waals surface area (Å²) in [6.07, 6.45) is 3.37. The van der Waals surface area contributed by atoms with Crippen LogP contribution in [0.2, 0.25) is 0 Å². The number of nitrogens with zero attached hydrogens (tertiary/aromatic N) is 2. The molecule has 0 aromatic carbocycles. The van der Waals surface area contributed by atoms with Crippen molar-refractivity contribution in [3.63, 3.8) is 0 Å². The van der Waals surface area contributed by atoms with Crippen molar-refractivity contribution in [2.75, 3.05) is 33.7 Å². The van der Waals surface area contributed by atoms with Crippen LogP contribution in [0.25, 0.3) is 0 Å². The monoisotopic (exact) mass is 307 g/mol. The molecule has 1 aromatic heterocycles. The Morgan fingerprint density at radius 2 is 2.14 bits per heavy atom. The number of nitrogens with one attached hydrogen (secondary N) is 1. The van der Waals surface area contributed by atoms with Crippen LogP contribution in [0, 0.1) is 6.92 Å². The minimum atomic E-state index is -0.0964. The fraction of sp³-hybridized carbons (Fsp3) is 0.467. The van der Waals surface area contributed by atoms with Gasteiger partial charge < -0.3 is 15.1 Å². The lowest BCUT2D eigenvalue weighted by atomic mass is 10.1. The standard InChI is InChI=1S/C15H21N3O2S/c1-11-6-7-13(21-11)15(20)18-9-12(10-18)16-14(19)5-4-8-17(2)3/h4-7,12H,8-10H2,1-3H3,(H,16,19)/b5-4+. The number of aryl methyl sites for hydroxylation is 1. The van der Waals surface area contributed by atoms with Gasteiger partial charge in [-0.2, -0.15) is 0 Å². The average Bonchev–Trinajstić information content (AvgIpc) is 2.79. The van der Waals surface area contributed by atoms with Crippen molar-refractivity contribution >= 4 is 23.2 Å². The van der Waals surface area contributed by atoms with E-state index in [-0.39, 0.29) is 17.9 Å². The first-order valence-electron chi connectivity index (χ1n) is 6.93. The Labute approximate surface area is 129 Å². The molecule has 0 saturated carbocycles. The van der Waals surface area contributed by atoms with E-state index in [9.17, 15) is 9.59 Å². The molecule has 0 spiro atoms. The minimum absolute atomic E-state index is 0.0572. The number of rotatable bonds is 5. The zero-order valence-electron chi connectivity index (χ0n) is 12.6. The molecule has 1 N–H and O–H groups in total. The summed E-state index contributed by atoms with van der Waals surface area (Å²) in [7, 11) is 3.90. The molecule has 0 bridgehead atoms. The van der Waals surface area contributed by atoms with E-state index in [1.807, 2.05) is 44.1 Å². The van der Waals surface area contributed by atoms with Crippen molar-refractivity contribution in [2.45, 2.75) is 13.0 Å². The van der Waals surface area contributed by atoms with Crippen LogP contribution in [-0.2, 0) is 4.79 Å². The van der Waals surface area contributed by atoms with E-state index >= 15 is 0 Å². The van der Waals surface area contributed by atoms with Crippen molar-refractivity contribution in [3.8, 4) is 0 Å². The van der Waals surface area contributed by atoms with Gasteiger partial charge in [-0.25, -0.2) is 0 Å². The topological polar surface area (TPSA) is 52.7 Å². The Morgan fingerprint density at radius 3 is 2.71 bits per heavy atom. The summed E-state index contributed by atoms with van der Waals surface area (Å²) in [5, 5.41) is 2.90. The first-order valence-corrected chi connectivity index (χ1v) is 7.75. The van der Waals surface area contributed by atoms with E-state index in [2.05, 4.69) is 5.32 Å². The van der Waals surface area contributed by atoms with E-state index in [0.29, 0.717) is 13.1 Å². The number of carbonyl (C=O) groups excluding carboxylic acids is 2. The molecule has 1 aliphatic rings. The Bertz CT molecular complexity index is 545. The van der Waals surface area contributed by atoms with E-state index in [0.717, 1.165) is 16.3 Å². The average molecular weight is 307 g/mol. The van der Waals surface area contributed by atoms with Crippen LogP contribution in [0.4, 0.5) is 0 Å². The van der Waals surface area contributed by atoms with Crippen LogP contribution < -0.4 is 5.32 Å². The van der Waals surface area contributed by atoms with Crippen molar-refractivity contribution in [1.82, 2.24) is 15.1 Å². The SMILES string of the molecule is Cc1ccc(C(=O)N2CC(NC(=O)/C=C/CN(C)C)C2)s1. The zero-order chi connectivity index (χ0) is 15.4. The van der Waals surface area contributed by atoms with Crippen molar-refractivity contribution in [1.29, 1.82) is 0 Å². The van der Waals surface area contributed by atoms with Gasteiger partial charge in [0.1, 0.15) is 0 Å². The molecule has 1 aliphatic heterocycles. The van der Waals surface area contributed by atoms with Crippen molar-refractivity contribution in [2.24, 2.45) is 0 Å². The lowest BCUT2D eigenvalue weighted by Crippen LogP contribution is -2.60. The van der Waals surface area contributed by atoms with Crippen LogP contribution in [0.15, 0.2) is 24.3 Å². The molecule has 1 aromatic rings. The summed E-state index contributed by atoms with van der Waals surface area (Å²) in [6, 6.07) is 3.87. The predicted octanol–water partition coefficient (Wildman–Crippen LogP) is 1.11. The van der Waals surface area contributed by atoms with Gasteiger partial charge in [-0.15, -0.1) is 11.3 Å². The summed E-state index contributed by atoms with van der Waals surface area (Å²) >= 11 is 1.51. The molecule has 2 heterocycles. The van der Waals surface area contributed by atoms with Crippen LogP contribution >= 0.6 is 11.3 Å². The van der Waals surface area contributed by atoms with Gasteiger partial charge in [0.15, 0.2) is 0 Å². The minimum Gasteiger partial charge on any atom is -0.346 e. The predicted molar refractivity (Wildman–Crippen MR) is 84.6 cm³/mol. The first-order chi connectivity index (χ1) is 9.95. The highest BCUT2D eigenvalue weighted by Crippen LogP contribution is 2.20. The number of likely N-dealkylation sites (N-methyl/N-ethyl adjacent to an activating group) is 1. The van der Waals surface area contributed by atoms with Gasteiger partial charge in [-0.05, 0) is 33.2 Å². The molecule has 6 heteroatoms. The quantitative estimate of drug-likeness (QED) is 0.829. The molecular formula is C15H21N3O2S. The van der Waals surface area contributed by atoms with Gasteiger partial charge in [-0.1, -0.05) is 6.08 Å². The highest BCUT2D eigenvalue weighted by Gasteiger charge is 2.32. The number of amides is 2. The molecule has 1 fully saturated rings. The summed E-state index contributed by atoms with van der Waals surface area (Å²) in [5.41, 5.74) is 0. The normalized spacial score (nSPS) is 15.5. The van der Waals surface area contributed by atoms with Gasteiger partial charge in [0.25, 0.3) is 5.91 Å². The Hall–Kier alpha value is -1.66. The second-order valence-electron chi connectivity index (χ2n) is 5.49. The van der Waals surface area contributed by atoms with E-state index in [4.69, 9.17) is 0 Å². The summed E-state index contributed by atoms with van der Waals surface area (Å²) < 4.78 is 0. The number of carbonyl (C=O) groups is 2. The summed E-state index contributed by atoms with van der Waals surface area (Å²) in [5.74, 6) is -0.0392. The van der Waals surface area contributed by atoms with E-state index in [1.165, 1.54) is 11.3 Å². The largest absolute Gasteiger partial charge is 0.346 e. The third-order valence-electron chi connectivity index (χ3n) is 3.21. The molecule has 0 unspecified atom stereocenters. The van der Waals surface area contributed by atoms with Crippen molar-refractivity contribution < 1.29 is 9.59 Å². The molecule has 21 heavy (non-hydrogen) atoms. The highest BCUT2D eigenvalue weighted by atomic mass is 32.1. The molecule has 0 radical (unpaired) electrons. The maximum Gasteiger partial charge on any atom is 0.264 e. The first kappa shape index (κ1) is 15.7. The van der Waals surface area contributed by atoms with Crippen LogP contribution in [-0.4, -0.2) is 61.4 Å². The number of hydrogen-bond donors (Lipinski definition) is 1. The molecule has 1 saturated heterocycles. The molecule has 2 rings (SSSR count). The Balaban J connectivity index is 1.73. The van der Waals surface area contributed by atoms with Gasteiger partial charge in [0, 0.05) is 30.6 Å². The number of thiophene rings is 1. The smallest absolute Gasteiger partial charge is 0.264 e. The van der Waals surface area contributed by atoms with E-state index in [1.54, 1.807) is 11.0 Å². The maximum atomic E-state index is 12.1. The Kier molecular flexibility index (Phi) is 5.14. The summed E-state index contributed by atoms with van der Waals surface area (Å²) in [6.45, 7) is 3.90. The van der Waals surface area contributed by atoms with Crippen LogP contribution in [0.3, 0.4) is 0 Å². The van der Waals surface area contributed by atoms with Crippen LogP contribution in [0.5, 0.6) is 0 Å². The van der Waals surface area contributed by atoms with Gasteiger partial charge >= 0.3 is 0 Å². The van der Waals surface area contributed by atoms with Gasteiger partial charge in [0.05, 0.1) is 10.9 Å². The molecule has 5 nitrogen and oxygen atoms in total. The fourth-order valence-electron chi connectivity index (χ4n) is 2.06. The Morgan fingerprint density at radius 1 is 1.43 bits per heavy atom. The third kappa shape index (κ3) is 4.41. The molecule has 0 atom stereocenters. The fourth-order valence-corrected chi connectivity index (χ4v) is 2.90. The second-order valence-corrected chi connectivity index (χ2v) is 6.78. The van der Waals surface area contributed by atoms with Crippen LogP contribution in [0.1, 0.15) is 14.5 Å². The number of likely N-dealkylation sites (tertiary alicyclic amines) is 1. The zero-order valence-corrected chi connectivity index (χ0v) is 13.4. The highest BCUT2D eigenvalue weighted by molar-refractivity contribution is 7.13. The lowest BCUT2D eigenvalue weighted by Gasteiger charge is -2.39. The van der Waals surface area contributed by atoms with E-state index < -0.39 is 0 Å². The summed E-state index contributed by atoms with van der Waals surface area (Å²) in [4.78, 5) is 29.4. The lowest BCUT2D eigenvalue weighted by molar-refractivity contribution is -0.118. The van der Waals surface area contributed by atoms with Gasteiger partial charge in [0.2, 0.25) is 5.91 Å². The second kappa shape index (κ2) is 6.87.